The van der Waals surface area contributed by atoms with E-state index >= 15 is 0 Å². The maximum Gasteiger partial charge on any atom is 0.241 e. The average molecular weight is 375 g/mol. The Hall–Kier alpha value is -2.18. The number of likely N-dealkylation sites (N-methyl/N-ethyl adjacent to an activating group) is 1. The van der Waals surface area contributed by atoms with Crippen molar-refractivity contribution < 1.29 is 13.2 Å². The van der Waals surface area contributed by atoms with Crippen LogP contribution in [0.3, 0.4) is 0 Å². The molecule has 0 aromatic heterocycles. The fourth-order valence-electron chi connectivity index (χ4n) is 2.56. The molecule has 0 radical (unpaired) electrons. The molecule has 0 saturated heterocycles. The van der Waals surface area contributed by atoms with Crippen molar-refractivity contribution in [3.05, 3.63) is 65.7 Å². The highest BCUT2D eigenvalue weighted by atomic mass is 32.2. The van der Waals surface area contributed by atoms with E-state index in [4.69, 9.17) is 0 Å². The summed E-state index contributed by atoms with van der Waals surface area (Å²) in [5, 5.41) is 0. The van der Waals surface area contributed by atoms with Gasteiger partial charge in [0.25, 0.3) is 0 Å². The summed E-state index contributed by atoms with van der Waals surface area (Å²) >= 11 is 0. The van der Waals surface area contributed by atoms with Gasteiger partial charge in [0, 0.05) is 13.1 Å². The molecule has 1 N–H and O–H groups in total. The first-order valence-electron chi connectivity index (χ1n) is 8.74. The number of hydrogen-bond acceptors (Lipinski definition) is 3. The molecule has 140 valence electrons. The molecule has 26 heavy (non-hydrogen) atoms. The van der Waals surface area contributed by atoms with E-state index in [-0.39, 0.29) is 17.3 Å². The molecule has 2 aromatic rings. The number of carbonyl (C=O) groups is 1. The molecule has 0 atom stereocenters. The molecule has 2 rings (SSSR count). The molecule has 0 fully saturated rings. The Morgan fingerprint density at radius 1 is 1.04 bits per heavy atom. The van der Waals surface area contributed by atoms with E-state index in [9.17, 15) is 13.2 Å². The van der Waals surface area contributed by atoms with Crippen LogP contribution in [0.25, 0.3) is 0 Å². The van der Waals surface area contributed by atoms with E-state index in [2.05, 4.69) is 4.72 Å². The second kappa shape index (κ2) is 8.96. The van der Waals surface area contributed by atoms with Gasteiger partial charge in [0.1, 0.15) is 0 Å². The van der Waals surface area contributed by atoms with Gasteiger partial charge in [0.15, 0.2) is 0 Å². The fraction of sp³-hybridized carbons (Fsp3) is 0.350. The summed E-state index contributed by atoms with van der Waals surface area (Å²) < 4.78 is 27.2. The van der Waals surface area contributed by atoms with Gasteiger partial charge in [0.05, 0.1) is 11.4 Å². The predicted octanol–water partition coefficient (Wildman–Crippen LogP) is 3.14. The van der Waals surface area contributed by atoms with E-state index < -0.39 is 10.0 Å². The van der Waals surface area contributed by atoms with Crippen LogP contribution in [-0.4, -0.2) is 32.3 Å². The van der Waals surface area contributed by atoms with Crippen LogP contribution in [-0.2, 0) is 21.4 Å². The van der Waals surface area contributed by atoms with Crippen molar-refractivity contribution in [1.29, 1.82) is 0 Å². The van der Waals surface area contributed by atoms with Crippen LogP contribution >= 0.6 is 0 Å². The lowest BCUT2D eigenvalue weighted by molar-refractivity contribution is -0.130. The van der Waals surface area contributed by atoms with Gasteiger partial charge >= 0.3 is 0 Å². The lowest BCUT2D eigenvalue weighted by Crippen LogP contribution is -2.39. The molecular formula is C20H26N2O3S. The Labute approximate surface area is 156 Å². The van der Waals surface area contributed by atoms with Crippen molar-refractivity contribution in [2.45, 2.75) is 38.1 Å². The third-order valence-corrected chi connectivity index (χ3v) is 5.64. The second-order valence-corrected chi connectivity index (χ2v) is 8.21. The number of sulfonamides is 1. The van der Waals surface area contributed by atoms with E-state index in [0.29, 0.717) is 19.0 Å². The summed E-state index contributed by atoms with van der Waals surface area (Å²) in [5.41, 5.74) is 2.08. The van der Waals surface area contributed by atoms with Crippen LogP contribution in [0, 0.1) is 0 Å². The first-order valence-corrected chi connectivity index (χ1v) is 10.2. The third kappa shape index (κ3) is 5.41. The highest BCUT2D eigenvalue weighted by Gasteiger charge is 2.18. The minimum absolute atomic E-state index is 0.167. The highest BCUT2D eigenvalue weighted by molar-refractivity contribution is 7.89. The molecule has 2 aromatic carbocycles. The van der Waals surface area contributed by atoms with Gasteiger partial charge < -0.3 is 4.90 Å². The molecule has 0 aliphatic heterocycles. The number of hydrogen-bond donors (Lipinski definition) is 1. The summed E-state index contributed by atoms with van der Waals surface area (Å²) in [6.45, 7) is 6.69. The Kier molecular flexibility index (Phi) is 6.94. The van der Waals surface area contributed by atoms with Gasteiger partial charge in [-0.25, -0.2) is 13.1 Å². The Morgan fingerprint density at radius 2 is 1.65 bits per heavy atom. The molecule has 0 saturated carbocycles. The maximum absolute atomic E-state index is 12.4. The van der Waals surface area contributed by atoms with Gasteiger partial charge in [-0.3, -0.25) is 4.79 Å². The predicted molar refractivity (Wildman–Crippen MR) is 103 cm³/mol. The quantitative estimate of drug-likeness (QED) is 0.772. The molecule has 0 bridgehead atoms. The van der Waals surface area contributed by atoms with Crippen molar-refractivity contribution in [3.8, 4) is 0 Å². The van der Waals surface area contributed by atoms with Gasteiger partial charge in [-0.2, -0.15) is 0 Å². The number of benzene rings is 2. The van der Waals surface area contributed by atoms with Crippen LogP contribution in [0.4, 0.5) is 0 Å². The number of rotatable bonds is 8. The summed E-state index contributed by atoms with van der Waals surface area (Å²) in [5.74, 6) is 0.0797. The number of nitrogens with zero attached hydrogens (tertiary/aromatic N) is 1. The molecule has 1 amide bonds. The lowest BCUT2D eigenvalue weighted by Gasteiger charge is -2.21. The summed E-state index contributed by atoms with van der Waals surface area (Å²) in [4.78, 5) is 14.2. The Morgan fingerprint density at radius 3 is 2.19 bits per heavy atom. The molecule has 6 heteroatoms. The van der Waals surface area contributed by atoms with Crippen molar-refractivity contribution in [2.24, 2.45) is 0 Å². The summed E-state index contributed by atoms with van der Waals surface area (Å²) in [7, 11) is -3.71. The number of amides is 1. The van der Waals surface area contributed by atoms with E-state index in [0.717, 1.165) is 11.1 Å². The van der Waals surface area contributed by atoms with Crippen LogP contribution in [0.15, 0.2) is 59.5 Å². The molecule has 0 spiro atoms. The van der Waals surface area contributed by atoms with Gasteiger partial charge in [-0.15, -0.1) is 0 Å². The molecule has 0 unspecified atom stereocenters. The monoisotopic (exact) mass is 374 g/mol. The second-order valence-electron chi connectivity index (χ2n) is 6.44. The van der Waals surface area contributed by atoms with Crippen LogP contribution in [0.2, 0.25) is 0 Å². The van der Waals surface area contributed by atoms with Gasteiger partial charge in [-0.1, -0.05) is 56.3 Å². The minimum atomic E-state index is -3.71. The molecule has 0 aliphatic carbocycles. The molecule has 0 heterocycles. The lowest BCUT2D eigenvalue weighted by atomic mass is 10.0. The van der Waals surface area contributed by atoms with Crippen LogP contribution in [0.1, 0.15) is 37.8 Å². The molecule has 0 aliphatic rings. The number of nitrogens with one attached hydrogen (secondary N) is 1. The average Bonchev–Trinajstić information content (AvgIpc) is 2.65. The Bertz CT molecular complexity index is 816. The first kappa shape index (κ1) is 20.1. The Balaban J connectivity index is 1.99. The highest BCUT2D eigenvalue weighted by Crippen LogP contribution is 2.17. The minimum Gasteiger partial charge on any atom is -0.338 e. The largest absolute Gasteiger partial charge is 0.338 e. The number of carbonyl (C=O) groups excluding carboxylic acids is 1. The third-order valence-electron chi connectivity index (χ3n) is 4.22. The van der Waals surface area contributed by atoms with Crippen LogP contribution < -0.4 is 4.72 Å². The maximum atomic E-state index is 12.4. The smallest absolute Gasteiger partial charge is 0.241 e. The molecular weight excluding hydrogens is 348 g/mol. The summed E-state index contributed by atoms with van der Waals surface area (Å²) in [6.07, 6.45) is 0. The molecule has 5 nitrogen and oxygen atoms in total. The topological polar surface area (TPSA) is 66.5 Å². The standard InChI is InChI=1S/C20H26N2O3S/c1-4-22(15-17-8-6-5-7-9-17)20(23)14-21-26(24,25)19-12-10-18(11-13-19)16(2)3/h5-13,16,21H,4,14-15H2,1-3H3. The fourth-order valence-corrected chi connectivity index (χ4v) is 3.54. The summed E-state index contributed by atoms with van der Waals surface area (Å²) in [6, 6.07) is 16.4. The van der Waals surface area contributed by atoms with E-state index in [1.54, 1.807) is 29.2 Å². The van der Waals surface area contributed by atoms with E-state index in [1.165, 1.54) is 0 Å². The zero-order valence-electron chi connectivity index (χ0n) is 15.5. The van der Waals surface area contributed by atoms with E-state index in [1.807, 2.05) is 51.1 Å². The SMILES string of the molecule is CCN(Cc1ccccc1)C(=O)CNS(=O)(=O)c1ccc(C(C)C)cc1. The zero-order valence-corrected chi connectivity index (χ0v) is 16.3. The normalized spacial score (nSPS) is 11.5. The van der Waals surface area contributed by atoms with Crippen molar-refractivity contribution in [1.82, 2.24) is 9.62 Å². The van der Waals surface area contributed by atoms with Crippen molar-refractivity contribution >= 4 is 15.9 Å². The van der Waals surface area contributed by atoms with Crippen LogP contribution in [0.5, 0.6) is 0 Å². The zero-order chi connectivity index (χ0) is 19.2. The van der Waals surface area contributed by atoms with Gasteiger partial charge in [0.2, 0.25) is 15.9 Å². The van der Waals surface area contributed by atoms with Crippen molar-refractivity contribution in [3.63, 3.8) is 0 Å². The first-order chi connectivity index (χ1) is 12.3. The van der Waals surface area contributed by atoms with Gasteiger partial charge in [-0.05, 0) is 36.1 Å². The van der Waals surface area contributed by atoms with Crippen molar-refractivity contribution in [2.75, 3.05) is 13.1 Å².